The minimum Gasteiger partial charge on any atom is -0.271 e. The van der Waals surface area contributed by atoms with Gasteiger partial charge in [-0.15, -0.1) is 10.2 Å². The maximum atomic E-state index is 6.08. The Kier molecular flexibility index (Phi) is 6.35. The molecular formula is C23H17Cl2N3S. The molecule has 0 saturated heterocycles. The van der Waals surface area contributed by atoms with E-state index < -0.39 is 0 Å². The molecule has 29 heavy (non-hydrogen) atoms. The lowest BCUT2D eigenvalue weighted by Crippen LogP contribution is -1.99. The second-order valence-corrected chi connectivity index (χ2v) is 8.13. The standard InChI is InChI=1S/C23H17Cl2N3S/c24-19-9-6-18(7-10-19)16-29-23-27-26-22(15-8-17-4-2-1-3-5-17)28(23)21-13-11-20(25)12-14-21/h1-15H,16H2. The fraction of sp³-hybridized carbons (Fsp3) is 0.0435. The van der Waals surface area contributed by atoms with Gasteiger partial charge < -0.3 is 0 Å². The Hall–Kier alpha value is -2.53. The van der Waals surface area contributed by atoms with Crippen molar-refractivity contribution in [2.75, 3.05) is 0 Å². The van der Waals surface area contributed by atoms with Gasteiger partial charge in [-0.1, -0.05) is 83.5 Å². The van der Waals surface area contributed by atoms with E-state index in [1.165, 1.54) is 5.56 Å². The van der Waals surface area contributed by atoms with Crippen LogP contribution in [0.3, 0.4) is 0 Å². The van der Waals surface area contributed by atoms with Crippen molar-refractivity contribution < 1.29 is 0 Å². The van der Waals surface area contributed by atoms with Crippen LogP contribution in [0.4, 0.5) is 0 Å². The minimum absolute atomic E-state index is 0.693. The molecule has 0 spiro atoms. The van der Waals surface area contributed by atoms with Crippen molar-refractivity contribution in [2.45, 2.75) is 10.9 Å². The molecule has 1 heterocycles. The quantitative estimate of drug-likeness (QED) is 0.303. The van der Waals surface area contributed by atoms with Crippen molar-refractivity contribution in [2.24, 2.45) is 0 Å². The lowest BCUT2D eigenvalue weighted by atomic mass is 10.2. The Labute approximate surface area is 184 Å². The van der Waals surface area contributed by atoms with E-state index >= 15 is 0 Å². The summed E-state index contributed by atoms with van der Waals surface area (Å²) in [5, 5.41) is 11.1. The zero-order chi connectivity index (χ0) is 20.1. The van der Waals surface area contributed by atoms with E-state index in [1.54, 1.807) is 11.8 Å². The Morgan fingerprint density at radius 2 is 1.41 bits per heavy atom. The van der Waals surface area contributed by atoms with Crippen LogP contribution in [-0.4, -0.2) is 14.8 Å². The maximum absolute atomic E-state index is 6.08. The van der Waals surface area contributed by atoms with Gasteiger partial charge in [-0.2, -0.15) is 0 Å². The Balaban J connectivity index is 1.65. The summed E-state index contributed by atoms with van der Waals surface area (Å²) >= 11 is 13.7. The van der Waals surface area contributed by atoms with Crippen LogP contribution < -0.4 is 0 Å². The van der Waals surface area contributed by atoms with Gasteiger partial charge in [0.15, 0.2) is 11.0 Å². The molecule has 0 fully saturated rings. The molecule has 0 N–H and O–H groups in total. The molecule has 0 radical (unpaired) electrons. The smallest absolute Gasteiger partial charge is 0.196 e. The summed E-state index contributed by atoms with van der Waals surface area (Å²) in [6.45, 7) is 0. The molecule has 0 unspecified atom stereocenters. The van der Waals surface area contributed by atoms with Gasteiger partial charge in [-0.25, -0.2) is 0 Å². The topological polar surface area (TPSA) is 30.7 Å². The summed E-state index contributed by atoms with van der Waals surface area (Å²) < 4.78 is 2.04. The Morgan fingerprint density at radius 1 is 0.759 bits per heavy atom. The average Bonchev–Trinajstić information content (AvgIpc) is 3.16. The fourth-order valence-corrected chi connectivity index (χ4v) is 3.95. The number of aromatic nitrogens is 3. The highest BCUT2D eigenvalue weighted by Gasteiger charge is 2.13. The molecule has 6 heteroatoms. The van der Waals surface area contributed by atoms with Crippen molar-refractivity contribution in [3.05, 3.63) is 106 Å². The number of thioether (sulfide) groups is 1. The van der Waals surface area contributed by atoms with E-state index in [-0.39, 0.29) is 0 Å². The fourth-order valence-electron chi connectivity index (χ4n) is 2.78. The second-order valence-electron chi connectivity index (χ2n) is 6.31. The first-order valence-corrected chi connectivity index (χ1v) is 10.7. The third-order valence-corrected chi connectivity index (χ3v) is 5.75. The van der Waals surface area contributed by atoms with Gasteiger partial charge in [0, 0.05) is 21.5 Å². The zero-order valence-corrected chi connectivity index (χ0v) is 17.7. The number of halogens is 2. The normalized spacial score (nSPS) is 11.2. The van der Waals surface area contributed by atoms with Crippen LogP contribution in [0, 0.1) is 0 Å². The van der Waals surface area contributed by atoms with Crippen molar-refractivity contribution >= 4 is 47.1 Å². The first kappa shape index (κ1) is 19.8. The zero-order valence-electron chi connectivity index (χ0n) is 15.4. The summed E-state index contributed by atoms with van der Waals surface area (Å²) in [5.74, 6) is 1.53. The number of hydrogen-bond acceptors (Lipinski definition) is 3. The molecule has 0 atom stereocenters. The van der Waals surface area contributed by atoms with Crippen molar-refractivity contribution in [3.63, 3.8) is 0 Å². The second kappa shape index (κ2) is 9.31. The summed E-state index contributed by atoms with van der Waals surface area (Å²) in [6.07, 6.45) is 4.01. The molecule has 0 bridgehead atoms. The molecule has 3 aromatic carbocycles. The van der Waals surface area contributed by atoms with Crippen LogP contribution in [0.5, 0.6) is 0 Å². The van der Waals surface area contributed by atoms with Crippen molar-refractivity contribution in [1.82, 2.24) is 14.8 Å². The van der Waals surface area contributed by atoms with Gasteiger partial charge in [0.25, 0.3) is 0 Å². The van der Waals surface area contributed by atoms with Gasteiger partial charge in [0.05, 0.1) is 0 Å². The van der Waals surface area contributed by atoms with E-state index in [2.05, 4.69) is 22.3 Å². The summed E-state index contributed by atoms with van der Waals surface area (Å²) in [6, 6.07) is 25.6. The lowest BCUT2D eigenvalue weighted by Gasteiger charge is -2.09. The van der Waals surface area contributed by atoms with E-state index in [1.807, 2.05) is 83.4 Å². The van der Waals surface area contributed by atoms with Gasteiger partial charge >= 0.3 is 0 Å². The highest BCUT2D eigenvalue weighted by molar-refractivity contribution is 7.98. The SMILES string of the molecule is Clc1ccc(CSc2nnc(C=Cc3ccccc3)n2-c2ccc(Cl)cc2)cc1. The third kappa shape index (κ3) is 5.10. The first-order valence-electron chi connectivity index (χ1n) is 9.01. The lowest BCUT2D eigenvalue weighted by molar-refractivity contribution is 0.880. The molecule has 0 saturated carbocycles. The molecule has 0 aliphatic heterocycles. The molecule has 0 amide bonds. The van der Waals surface area contributed by atoms with Gasteiger partial charge in [0.2, 0.25) is 0 Å². The van der Waals surface area contributed by atoms with Crippen LogP contribution in [0.2, 0.25) is 10.0 Å². The van der Waals surface area contributed by atoms with Crippen LogP contribution >= 0.6 is 35.0 Å². The monoisotopic (exact) mass is 437 g/mol. The maximum Gasteiger partial charge on any atom is 0.196 e. The number of nitrogens with zero attached hydrogens (tertiary/aromatic N) is 3. The van der Waals surface area contributed by atoms with E-state index in [0.29, 0.717) is 5.02 Å². The van der Waals surface area contributed by atoms with Crippen LogP contribution in [0.1, 0.15) is 17.0 Å². The summed E-state index contributed by atoms with van der Waals surface area (Å²) in [7, 11) is 0. The minimum atomic E-state index is 0.693. The third-order valence-electron chi connectivity index (χ3n) is 4.25. The van der Waals surface area contributed by atoms with Crippen LogP contribution in [0.25, 0.3) is 17.8 Å². The summed E-state index contributed by atoms with van der Waals surface area (Å²) in [5.41, 5.74) is 3.24. The Morgan fingerprint density at radius 3 is 2.10 bits per heavy atom. The van der Waals surface area contributed by atoms with Crippen LogP contribution in [-0.2, 0) is 5.75 Å². The Bertz CT molecular complexity index is 1110. The first-order chi connectivity index (χ1) is 14.2. The predicted octanol–water partition coefficient (Wildman–Crippen LogP) is 7.04. The molecule has 0 aliphatic rings. The molecule has 3 nitrogen and oxygen atoms in total. The average molecular weight is 438 g/mol. The van der Waals surface area contributed by atoms with Gasteiger partial charge in [0.1, 0.15) is 0 Å². The largest absolute Gasteiger partial charge is 0.271 e. The van der Waals surface area contributed by atoms with Gasteiger partial charge in [-0.05, 0) is 53.6 Å². The van der Waals surface area contributed by atoms with E-state index in [9.17, 15) is 0 Å². The highest BCUT2D eigenvalue weighted by Crippen LogP contribution is 2.27. The van der Waals surface area contributed by atoms with E-state index in [0.717, 1.165) is 33.0 Å². The van der Waals surface area contributed by atoms with Crippen molar-refractivity contribution in [1.29, 1.82) is 0 Å². The summed E-state index contributed by atoms with van der Waals surface area (Å²) in [4.78, 5) is 0. The van der Waals surface area contributed by atoms with E-state index in [4.69, 9.17) is 23.2 Å². The molecule has 4 aromatic rings. The van der Waals surface area contributed by atoms with Crippen LogP contribution in [0.15, 0.2) is 84.0 Å². The van der Waals surface area contributed by atoms with Crippen molar-refractivity contribution in [3.8, 4) is 5.69 Å². The molecule has 4 rings (SSSR count). The number of rotatable bonds is 6. The number of hydrogen-bond donors (Lipinski definition) is 0. The molecule has 1 aromatic heterocycles. The molecule has 0 aliphatic carbocycles. The predicted molar refractivity (Wildman–Crippen MR) is 123 cm³/mol. The number of benzene rings is 3. The molecule has 144 valence electrons. The molecular weight excluding hydrogens is 421 g/mol. The van der Waals surface area contributed by atoms with Gasteiger partial charge in [-0.3, -0.25) is 4.57 Å². The highest BCUT2D eigenvalue weighted by atomic mass is 35.5.